The van der Waals surface area contributed by atoms with E-state index >= 15 is 0 Å². The van der Waals surface area contributed by atoms with Crippen LogP contribution in [0.3, 0.4) is 0 Å². The van der Waals surface area contributed by atoms with Gasteiger partial charge in [-0.3, -0.25) is 9.59 Å². The number of rotatable bonds is 7. The smallest absolute Gasteiger partial charge is 0.317 e. The van der Waals surface area contributed by atoms with Crippen molar-refractivity contribution in [2.45, 2.75) is 17.9 Å². The number of benzene rings is 2. The van der Waals surface area contributed by atoms with E-state index in [1.165, 1.54) is 4.90 Å². The fraction of sp³-hybridized carbons (Fsp3) is 0.286. The number of hydrogen-bond donors (Lipinski definition) is 2. The SMILES string of the molecule is CN(C)C(=O)Sc1ccccc1NC(=O)CCNC(=O)N(C)Cc1ccccc1. The Balaban J connectivity index is 1.80. The summed E-state index contributed by atoms with van der Waals surface area (Å²) >= 11 is 1.05. The molecule has 0 heterocycles. The second kappa shape index (κ2) is 11.1. The Labute approximate surface area is 175 Å². The molecule has 0 unspecified atom stereocenters. The van der Waals surface area contributed by atoms with Gasteiger partial charge in [0.25, 0.3) is 5.24 Å². The van der Waals surface area contributed by atoms with Crippen LogP contribution in [0.2, 0.25) is 0 Å². The van der Waals surface area contributed by atoms with Gasteiger partial charge in [0, 0.05) is 45.5 Å². The molecular weight excluding hydrogens is 388 g/mol. The second-order valence-electron chi connectivity index (χ2n) is 6.63. The van der Waals surface area contributed by atoms with E-state index in [9.17, 15) is 14.4 Å². The number of anilines is 1. The maximum atomic E-state index is 12.2. The van der Waals surface area contributed by atoms with E-state index in [2.05, 4.69) is 10.6 Å². The number of nitrogens with one attached hydrogen (secondary N) is 2. The van der Waals surface area contributed by atoms with Gasteiger partial charge in [-0.25, -0.2) is 4.79 Å². The molecule has 2 aromatic carbocycles. The van der Waals surface area contributed by atoms with Crippen LogP contribution in [0.1, 0.15) is 12.0 Å². The molecule has 154 valence electrons. The molecular formula is C21H26N4O3S. The maximum Gasteiger partial charge on any atom is 0.317 e. The number of nitrogens with zero attached hydrogens (tertiary/aromatic N) is 2. The number of amides is 4. The van der Waals surface area contributed by atoms with E-state index in [-0.39, 0.29) is 30.1 Å². The van der Waals surface area contributed by atoms with Gasteiger partial charge in [-0.2, -0.15) is 0 Å². The van der Waals surface area contributed by atoms with Gasteiger partial charge in [-0.1, -0.05) is 42.5 Å². The highest BCUT2D eigenvalue weighted by Gasteiger charge is 2.13. The highest BCUT2D eigenvalue weighted by Crippen LogP contribution is 2.28. The van der Waals surface area contributed by atoms with Crippen LogP contribution in [0.25, 0.3) is 0 Å². The summed E-state index contributed by atoms with van der Waals surface area (Å²) < 4.78 is 0. The molecule has 0 aliphatic carbocycles. The summed E-state index contributed by atoms with van der Waals surface area (Å²) in [5.41, 5.74) is 1.61. The molecule has 0 radical (unpaired) electrons. The standard InChI is InChI=1S/C21H26N4O3S/c1-24(2)21(28)29-18-12-8-7-11-17(18)23-19(26)13-14-22-20(27)25(3)15-16-9-5-4-6-10-16/h4-12H,13-15H2,1-3H3,(H,22,27)(H,23,26). The second-order valence-corrected chi connectivity index (χ2v) is 7.62. The number of urea groups is 1. The van der Waals surface area contributed by atoms with Gasteiger partial charge in [0.1, 0.15) is 0 Å². The van der Waals surface area contributed by atoms with E-state index in [0.717, 1.165) is 17.3 Å². The van der Waals surface area contributed by atoms with Crippen molar-refractivity contribution in [3.05, 3.63) is 60.2 Å². The van der Waals surface area contributed by atoms with Crippen molar-refractivity contribution < 1.29 is 14.4 Å². The van der Waals surface area contributed by atoms with Crippen LogP contribution < -0.4 is 10.6 Å². The minimum absolute atomic E-state index is 0.125. The van der Waals surface area contributed by atoms with Gasteiger partial charge < -0.3 is 20.4 Å². The molecule has 4 amide bonds. The van der Waals surface area contributed by atoms with E-state index in [1.807, 2.05) is 36.4 Å². The summed E-state index contributed by atoms with van der Waals surface area (Å²) in [5.74, 6) is -0.235. The van der Waals surface area contributed by atoms with Gasteiger partial charge in [-0.15, -0.1) is 0 Å². The Hall–Kier alpha value is -3.00. The Bertz CT molecular complexity index is 843. The van der Waals surface area contributed by atoms with Crippen molar-refractivity contribution >= 4 is 34.6 Å². The maximum absolute atomic E-state index is 12.2. The first-order valence-corrected chi connectivity index (χ1v) is 9.99. The van der Waals surface area contributed by atoms with Crippen LogP contribution in [0.4, 0.5) is 15.3 Å². The molecule has 29 heavy (non-hydrogen) atoms. The zero-order valence-corrected chi connectivity index (χ0v) is 17.7. The van der Waals surface area contributed by atoms with Crippen LogP contribution in [0.5, 0.6) is 0 Å². The topological polar surface area (TPSA) is 81.8 Å². The monoisotopic (exact) mass is 414 g/mol. The van der Waals surface area contributed by atoms with Crippen molar-refractivity contribution in [1.29, 1.82) is 0 Å². The van der Waals surface area contributed by atoms with E-state index < -0.39 is 0 Å². The van der Waals surface area contributed by atoms with Crippen LogP contribution in [-0.4, -0.2) is 54.7 Å². The lowest BCUT2D eigenvalue weighted by Crippen LogP contribution is -2.38. The number of carbonyl (C=O) groups is 3. The van der Waals surface area contributed by atoms with Crippen molar-refractivity contribution in [1.82, 2.24) is 15.1 Å². The predicted molar refractivity (Wildman–Crippen MR) is 116 cm³/mol. The predicted octanol–water partition coefficient (Wildman–Crippen LogP) is 3.63. The van der Waals surface area contributed by atoms with Gasteiger partial charge >= 0.3 is 6.03 Å². The van der Waals surface area contributed by atoms with Crippen molar-refractivity contribution in [3.8, 4) is 0 Å². The quantitative estimate of drug-likeness (QED) is 0.678. The number of para-hydroxylation sites is 1. The summed E-state index contributed by atoms with van der Waals surface area (Å²) in [5, 5.41) is 5.42. The molecule has 7 nitrogen and oxygen atoms in total. The Kier molecular flexibility index (Phi) is 8.54. The molecule has 0 atom stereocenters. The molecule has 0 saturated carbocycles. The first-order valence-electron chi connectivity index (χ1n) is 9.17. The lowest BCUT2D eigenvalue weighted by atomic mass is 10.2. The van der Waals surface area contributed by atoms with Crippen LogP contribution in [0.15, 0.2) is 59.5 Å². The third-order valence-corrected chi connectivity index (χ3v) is 5.08. The summed E-state index contributed by atoms with van der Waals surface area (Å²) in [6.45, 7) is 0.707. The summed E-state index contributed by atoms with van der Waals surface area (Å²) in [6.07, 6.45) is 0.131. The molecule has 0 spiro atoms. The highest BCUT2D eigenvalue weighted by atomic mass is 32.2. The van der Waals surface area contributed by atoms with Gasteiger partial charge in [0.2, 0.25) is 5.91 Å². The molecule has 2 rings (SSSR count). The lowest BCUT2D eigenvalue weighted by Gasteiger charge is -2.18. The molecule has 0 fully saturated rings. The van der Waals surface area contributed by atoms with E-state index in [1.54, 1.807) is 44.2 Å². The number of carbonyl (C=O) groups excluding carboxylic acids is 3. The van der Waals surface area contributed by atoms with Crippen molar-refractivity contribution in [2.24, 2.45) is 0 Å². The van der Waals surface area contributed by atoms with Crippen LogP contribution >= 0.6 is 11.8 Å². The third-order valence-electron chi connectivity index (χ3n) is 3.96. The Morgan fingerprint density at radius 1 is 0.931 bits per heavy atom. The molecule has 2 N–H and O–H groups in total. The lowest BCUT2D eigenvalue weighted by molar-refractivity contribution is -0.116. The van der Waals surface area contributed by atoms with E-state index in [0.29, 0.717) is 17.1 Å². The normalized spacial score (nSPS) is 10.2. The Morgan fingerprint density at radius 2 is 1.59 bits per heavy atom. The molecule has 0 saturated heterocycles. The summed E-state index contributed by atoms with van der Waals surface area (Å²) in [6, 6.07) is 16.6. The molecule has 0 aromatic heterocycles. The minimum atomic E-state index is -0.241. The largest absolute Gasteiger partial charge is 0.339 e. The summed E-state index contributed by atoms with van der Waals surface area (Å²) in [4.78, 5) is 40.0. The Morgan fingerprint density at radius 3 is 2.28 bits per heavy atom. The van der Waals surface area contributed by atoms with Gasteiger partial charge in [0.15, 0.2) is 0 Å². The average molecular weight is 415 g/mol. The van der Waals surface area contributed by atoms with Gasteiger partial charge in [0.05, 0.1) is 5.69 Å². The average Bonchev–Trinajstić information content (AvgIpc) is 2.70. The van der Waals surface area contributed by atoms with Crippen LogP contribution in [0, 0.1) is 0 Å². The number of hydrogen-bond acceptors (Lipinski definition) is 4. The van der Waals surface area contributed by atoms with Crippen molar-refractivity contribution in [2.75, 3.05) is 33.0 Å². The molecule has 0 aliphatic heterocycles. The van der Waals surface area contributed by atoms with E-state index in [4.69, 9.17) is 0 Å². The fourth-order valence-electron chi connectivity index (χ4n) is 2.40. The fourth-order valence-corrected chi connectivity index (χ4v) is 3.15. The third kappa shape index (κ3) is 7.50. The highest BCUT2D eigenvalue weighted by molar-refractivity contribution is 8.13. The zero-order valence-electron chi connectivity index (χ0n) is 16.8. The van der Waals surface area contributed by atoms with Crippen LogP contribution in [-0.2, 0) is 11.3 Å². The summed E-state index contributed by atoms with van der Waals surface area (Å²) in [7, 11) is 5.06. The first-order chi connectivity index (χ1) is 13.9. The van der Waals surface area contributed by atoms with Gasteiger partial charge in [-0.05, 0) is 29.5 Å². The first kappa shape index (κ1) is 22.3. The molecule has 0 bridgehead atoms. The molecule has 2 aromatic rings. The molecule has 0 aliphatic rings. The number of thioether (sulfide) groups is 1. The zero-order chi connectivity index (χ0) is 21.2. The molecule has 8 heteroatoms. The minimum Gasteiger partial charge on any atom is -0.339 e. The van der Waals surface area contributed by atoms with Crippen molar-refractivity contribution in [3.63, 3.8) is 0 Å².